The summed E-state index contributed by atoms with van der Waals surface area (Å²) in [7, 11) is 1.62. The maximum Gasteiger partial charge on any atom is 0.275 e. The third kappa shape index (κ3) is 4.89. The van der Waals surface area contributed by atoms with Crippen molar-refractivity contribution in [3.8, 4) is 0 Å². The van der Waals surface area contributed by atoms with Crippen LogP contribution in [0.3, 0.4) is 0 Å². The number of nitrogens with one attached hydrogen (secondary N) is 1. The van der Waals surface area contributed by atoms with Crippen LogP contribution in [0.2, 0.25) is 0 Å². The van der Waals surface area contributed by atoms with Crippen molar-refractivity contribution >= 4 is 23.3 Å². The van der Waals surface area contributed by atoms with Gasteiger partial charge < -0.3 is 10.1 Å². The predicted octanol–water partition coefficient (Wildman–Crippen LogP) is 2.55. The van der Waals surface area contributed by atoms with Crippen molar-refractivity contribution in [3.05, 3.63) is 22.2 Å². The molecule has 0 unspecified atom stereocenters. The van der Waals surface area contributed by atoms with Crippen LogP contribution in [0.4, 0.5) is 11.5 Å². The Morgan fingerprint density at radius 3 is 2.94 bits per heavy atom. The first-order valence-corrected chi connectivity index (χ1v) is 6.68. The van der Waals surface area contributed by atoms with Crippen LogP contribution in [0.5, 0.6) is 0 Å². The fourth-order valence-corrected chi connectivity index (χ4v) is 2.07. The smallest absolute Gasteiger partial charge is 0.275 e. The van der Waals surface area contributed by atoms with Crippen LogP contribution in [-0.4, -0.2) is 35.9 Å². The molecule has 1 aromatic heterocycles. The van der Waals surface area contributed by atoms with E-state index in [1.165, 1.54) is 23.9 Å². The molecule has 0 aromatic carbocycles. The molecule has 0 spiro atoms. The van der Waals surface area contributed by atoms with Crippen molar-refractivity contribution in [2.45, 2.75) is 18.4 Å². The fourth-order valence-electron chi connectivity index (χ4n) is 1.24. The first-order chi connectivity index (χ1) is 8.67. The summed E-state index contributed by atoms with van der Waals surface area (Å²) in [5.74, 6) is 1.27. The van der Waals surface area contributed by atoms with Gasteiger partial charge in [-0.05, 0) is 6.42 Å². The second kappa shape index (κ2) is 7.88. The minimum absolute atomic E-state index is 0.0588. The molecule has 1 rings (SSSR count). The van der Waals surface area contributed by atoms with Crippen molar-refractivity contribution < 1.29 is 9.66 Å². The highest BCUT2D eigenvalue weighted by atomic mass is 32.2. The van der Waals surface area contributed by atoms with E-state index in [1.54, 1.807) is 7.11 Å². The summed E-state index contributed by atoms with van der Waals surface area (Å²) in [6, 6.07) is 2.94. The molecule has 0 saturated heterocycles. The number of anilines is 1. The maximum atomic E-state index is 10.8. The van der Waals surface area contributed by atoms with Gasteiger partial charge >= 0.3 is 0 Å². The van der Waals surface area contributed by atoms with E-state index in [2.05, 4.69) is 10.3 Å². The van der Waals surface area contributed by atoms with Crippen LogP contribution < -0.4 is 5.32 Å². The summed E-state index contributed by atoms with van der Waals surface area (Å²) < 4.78 is 4.94. The van der Waals surface area contributed by atoms with Crippen LogP contribution in [0.25, 0.3) is 0 Å². The van der Waals surface area contributed by atoms with Gasteiger partial charge in [-0.25, -0.2) is 4.98 Å². The standard InChI is InChI=1S/C11H17N3O3S/c1-3-4-12-10-7-9(14(15)16)8-11(13-10)18-6-5-17-2/h7-8H,3-6H2,1-2H3,(H,12,13). The van der Waals surface area contributed by atoms with Crippen molar-refractivity contribution in [2.24, 2.45) is 0 Å². The van der Waals surface area contributed by atoms with E-state index in [4.69, 9.17) is 4.74 Å². The zero-order chi connectivity index (χ0) is 13.4. The molecule has 0 aliphatic heterocycles. The number of hydrogen-bond acceptors (Lipinski definition) is 6. The van der Waals surface area contributed by atoms with Gasteiger partial charge in [-0.1, -0.05) is 6.92 Å². The monoisotopic (exact) mass is 271 g/mol. The Balaban J connectivity index is 2.80. The van der Waals surface area contributed by atoms with Gasteiger partial charge in [0.05, 0.1) is 17.6 Å². The number of nitrogens with zero attached hydrogens (tertiary/aromatic N) is 2. The van der Waals surface area contributed by atoms with E-state index in [-0.39, 0.29) is 5.69 Å². The van der Waals surface area contributed by atoms with Crippen LogP contribution >= 0.6 is 11.8 Å². The highest BCUT2D eigenvalue weighted by Gasteiger charge is 2.11. The summed E-state index contributed by atoms with van der Waals surface area (Å²) in [6.45, 7) is 3.36. The molecule has 0 radical (unpaired) electrons. The molecule has 1 N–H and O–H groups in total. The fraction of sp³-hybridized carbons (Fsp3) is 0.545. The van der Waals surface area contributed by atoms with E-state index in [0.717, 1.165) is 18.7 Å². The van der Waals surface area contributed by atoms with Crippen LogP contribution in [0, 0.1) is 10.1 Å². The Kier molecular flexibility index (Phi) is 6.45. The van der Waals surface area contributed by atoms with Crippen LogP contribution in [-0.2, 0) is 4.74 Å². The SMILES string of the molecule is CCCNc1cc([N+](=O)[O-])cc(SCCOC)n1. The minimum Gasteiger partial charge on any atom is -0.384 e. The van der Waals surface area contributed by atoms with Gasteiger partial charge in [0.2, 0.25) is 0 Å². The lowest BCUT2D eigenvalue weighted by Crippen LogP contribution is -2.03. The Bertz CT molecular complexity index is 401. The van der Waals surface area contributed by atoms with Gasteiger partial charge in [0, 0.05) is 25.5 Å². The molecule has 18 heavy (non-hydrogen) atoms. The highest BCUT2D eigenvalue weighted by Crippen LogP contribution is 2.24. The normalized spacial score (nSPS) is 10.3. The molecule has 1 aromatic rings. The van der Waals surface area contributed by atoms with Crippen molar-refractivity contribution in [3.63, 3.8) is 0 Å². The highest BCUT2D eigenvalue weighted by molar-refractivity contribution is 7.99. The molecule has 0 bridgehead atoms. The minimum atomic E-state index is -0.404. The van der Waals surface area contributed by atoms with Gasteiger partial charge in [-0.15, -0.1) is 11.8 Å². The Hall–Kier alpha value is -1.34. The number of rotatable bonds is 8. The van der Waals surface area contributed by atoms with E-state index in [0.29, 0.717) is 17.5 Å². The molecule has 1 heterocycles. The number of thioether (sulfide) groups is 1. The average molecular weight is 271 g/mol. The second-order valence-electron chi connectivity index (χ2n) is 3.57. The lowest BCUT2D eigenvalue weighted by molar-refractivity contribution is -0.385. The molecule has 0 aliphatic carbocycles. The van der Waals surface area contributed by atoms with E-state index in [9.17, 15) is 10.1 Å². The first-order valence-electron chi connectivity index (χ1n) is 5.69. The number of methoxy groups -OCH3 is 1. The Labute approximate surface area is 110 Å². The van der Waals surface area contributed by atoms with Crippen molar-refractivity contribution in [1.82, 2.24) is 4.98 Å². The summed E-state index contributed by atoms with van der Waals surface area (Å²) in [5, 5.41) is 14.5. The number of ether oxygens (including phenoxy) is 1. The molecule has 0 saturated carbocycles. The third-order valence-corrected chi connectivity index (χ3v) is 2.97. The molecule has 0 fully saturated rings. The molecule has 6 nitrogen and oxygen atoms in total. The summed E-state index contributed by atoms with van der Waals surface area (Å²) in [4.78, 5) is 14.7. The van der Waals surface area contributed by atoms with Crippen LogP contribution in [0.15, 0.2) is 17.2 Å². The molecule has 0 amide bonds. The third-order valence-electron chi connectivity index (χ3n) is 2.09. The predicted molar refractivity (Wildman–Crippen MR) is 72.3 cm³/mol. The number of nitro groups is 1. The second-order valence-corrected chi connectivity index (χ2v) is 4.69. The Morgan fingerprint density at radius 1 is 1.56 bits per heavy atom. The molecule has 0 atom stereocenters. The van der Waals surface area contributed by atoms with E-state index >= 15 is 0 Å². The molecule has 0 aliphatic rings. The molecule has 100 valence electrons. The van der Waals surface area contributed by atoms with Gasteiger partial charge in [0.15, 0.2) is 0 Å². The van der Waals surface area contributed by atoms with Gasteiger partial charge in [0.1, 0.15) is 10.8 Å². The van der Waals surface area contributed by atoms with Gasteiger partial charge in [-0.3, -0.25) is 10.1 Å². The number of pyridine rings is 1. The molecular formula is C11H17N3O3S. The Morgan fingerprint density at radius 2 is 2.33 bits per heavy atom. The average Bonchev–Trinajstić information content (AvgIpc) is 2.36. The summed E-state index contributed by atoms with van der Waals surface area (Å²) >= 11 is 1.44. The topological polar surface area (TPSA) is 77.3 Å². The number of aromatic nitrogens is 1. The van der Waals surface area contributed by atoms with Crippen molar-refractivity contribution in [1.29, 1.82) is 0 Å². The lowest BCUT2D eigenvalue weighted by Gasteiger charge is -2.06. The summed E-state index contributed by atoms with van der Waals surface area (Å²) in [6.07, 6.45) is 0.941. The quantitative estimate of drug-likeness (QED) is 0.339. The largest absolute Gasteiger partial charge is 0.384 e. The number of hydrogen-bond donors (Lipinski definition) is 1. The summed E-state index contributed by atoms with van der Waals surface area (Å²) in [5.41, 5.74) is 0.0588. The first kappa shape index (κ1) is 14.7. The molecule has 7 heteroatoms. The zero-order valence-electron chi connectivity index (χ0n) is 10.5. The van der Waals surface area contributed by atoms with E-state index < -0.39 is 4.92 Å². The molecular weight excluding hydrogens is 254 g/mol. The zero-order valence-corrected chi connectivity index (χ0v) is 11.3. The van der Waals surface area contributed by atoms with Crippen molar-refractivity contribution in [2.75, 3.05) is 31.3 Å². The van der Waals surface area contributed by atoms with Gasteiger partial charge in [0.25, 0.3) is 5.69 Å². The van der Waals surface area contributed by atoms with Gasteiger partial charge in [-0.2, -0.15) is 0 Å². The lowest BCUT2D eigenvalue weighted by atomic mass is 10.4. The maximum absolute atomic E-state index is 10.8. The van der Waals surface area contributed by atoms with E-state index in [1.807, 2.05) is 6.92 Å². The van der Waals surface area contributed by atoms with Crippen LogP contribution in [0.1, 0.15) is 13.3 Å².